The first-order valence-electron chi connectivity index (χ1n) is 8.06. The molecular weight excluding hydrogens is 262 g/mol. The lowest BCUT2D eigenvalue weighted by Crippen LogP contribution is -2.57. The predicted molar refractivity (Wildman–Crippen MR) is 84.4 cm³/mol. The summed E-state index contributed by atoms with van der Waals surface area (Å²) in [7, 11) is 0. The number of piperidine rings is 2. The molecule has 2 aromatic rings. The van der Waals surface area contributed by atoms with E-state index in [2.05, 4.69) is 38.2 Å². The van der Waals surface area contributed by atoms with Crippen molar-refractivity contribution in [1.29, 1.82) is 0 Å². The quantitative estimate of drug-likeness (QED) is 0.888. The molecule has 2 saturated heterocycles. The minimum atomic E-state index is 0.407. The van der Waals surface area contributed by atoms with Gasteiger partial charge in [-0.05, 0) is 37.8 Å². The molecule has 5 heteroatoms. The Balaban J connectivity index is 1.69. The Morgan fingerprint density at radius 1 is 1.38 bits per heavy atom. The maximum atomic E-state index is 4.58. The van der Waals surface area contributed by atoms with Gasteiger partial charge in [0.1, 0.15) is 17.8 Å². The molecule has 0 spiro atoms. The molecule has 2 aromatic heterocycles. The second-order valence-corrected chi connectivity index (χ2v) is 6.53. The van der Waals surface area contributed by atoms with Crippen molar-refractivity contribution in [2.24, 2.45) is 11.3 Å². The Hall–Kier alpha value is -1.62. The third kappa shape index (κ3) is 2.02. The van der Waals surface area contributed by atoms with Crippen molar-refractivity contribution in [2.45, 2.75) is 26.2 Å². The lowest BCUT2D eigenvalue weighted by molar-refractivity contribution is 0.0844. The van der Waals surface area contributed by atoms with Gasteiger partial charge in [0.25, 0.3) is 0 Å². The molecule has 4 rings (SSSR count). The second kappa shape index (κ2) is 4.98. The van der Waals surface area contributed by atoms with Crippen molar-refractivity contribution in [1.82, 2.24) is 20.3 Å². The van der Waals surface area contributed by atoms with Crippen LogP contribution in [0.4, 0.5) is 5.82 Å². The van der Waals surface area contributed by atoms with Crippen molar-refractivity contribution in [3.63, 3.8) is 0 Å². The van der Waals surface area contributed by atoms with Gasteiger partial charge in [0.05, 0.1) is 5.39 Å². The average Bonchev–Trinajstić information content (AvgIpc) is 3.02. The maximum Gasteiger partial charge on any atom is 0.142 e. The number of H-pyrrole nitrogens is 1. The minimum Gasteiger partial charge on any atom is -0.355 e. The highest BCUT2D eigenvalue weighted by molar-refractivity contribution is 5.87. The number of rotatable bonds is 2. The number of aromatic amines is 1. The summed E-state index contributed by atoms with van der Waals surface area (Å²) >= 11 is 0. The summed E-state index contributed by atoms with van der Waals surface area (Å²) in [4.78, 5) is 14.6. The van der Waals surface area contributed by atoms with Gasteiger partial charge in [0.2, 0.25) is 0 Å². The SMILES string of the molecule is CC[C@]12CNCC[C@H]1CCN(c1ncnc3[nH]ccc13)C2. The third-order valence-corrected chi connectivity index (χ3v) is 5.60. The monoisotopic (exact) mass is 285 g/mol. The minimum absolute atomic E-state index is 0.407. The lowest BCUT2D eigenvalue weighted by atomic mass is 9.66. The molecule has 0 unspecified atom stereocenters. The van der Waals surface area contributed by atoms with E-state index in [1.54, 1.807) is 6.33 Å². The van der Waals surface area contributed by atoms with Crippen LogP contribution in [0, 0.1) is 11.3 Å². The van der Waals surface area contributed by atoms with E-state index in [1.807, 2.05) is 6.20 Å². The fourth-order valence-corrected chi connectivity index (χ4v) is 4.29. The molecule has 5 nitrogen and oxygen atoms in total. The lowest BCUT2D eigenvalue weighted by Gasteiger charge is -2.51. The number of anilines is 1. The molecule has 0 aromatic carbocycles. The third-order valence-electron chi connectivity index (χ3n) is 5.60. The standard InChI is InChI=1S/C16H23N5/c1-2-16-9-17-6-3-12(16)5-8-21(10-16)15-13-4-7-18-14(13)19-11-20-15/h4,7,11-12,17H,2-3,5-6,8-10H2,1H3,(H,18,19,20)/t12-,16+/m0/s1. The number of hydrogen-bond donors (Lipinski definition) is 2. The van der Waals surface area contributed by atoms with E-state index in [9.17, 15) is 0 Å². The molecule has 0 aliphatic carbocycles. The average molecular weight is 285 g/mol. The van der Waals surface area contributed by atoms with Crippen LogP contribution in [-0.4, -0.2) is 41.1 Å². The van der Waals surface area contributed by atoms with Crippen LogP contribution >= 0.6 is 0 Å². The Labute approximate surface area is 125 Å². The van der Waals surface area contributed by atoms with Crippen molar-refractivity contribution in [3.8, 4) is 0 Å². The molecule has 0 amide bonds. The maximum absolute atomic E-state index is 4.58. The summed E-state index contributed by atoms with van der Waals surface area (Å²) in [5.41, 5.74) is 1.35. The fraction of sp³-hybridized carbons (Fsp3) is 0.625. The van der Waals surface area contributed by atoms with Crippen LogP contribution < -0.4 is 10.2 Å². The Kier molecular flexibility index (Phi) is 3.10. The Morgan fingerprint density at radius 3 is 3.24 bits per heavy atom. The highest BCUT2D eigenvalue weighted by Crippen LogP contribution is 2.43. The summed E-state index contributed by atoms with van der Waals surface area (Å²) < 4.78 is 0. The molecule has 2 N–H and O–H groups in total. The number of hydrogen-bond acceptors (Lipinski definition) is 4. The first kappa shape index (κ1) is 13.1. The Bertz CT molecular complexity index is 636. The smallest absolute Gasteiger partial charge is 0.142 e. The molecule has 2 atom stereocenters. The largest absolute Gasteiger partial charge is 0.355 e. The molecule has 0 bridgehead atoms. The molecule has 4 heterocycles. The number of fused-ring (bicyclic) bond motifs is 2. The molecule has 21 heavy (non-hydrogen) atoms. The van der Waals surface area contributed by atoms with Gasteiger partial charge in [-0.2, -0.15) is 0 Å². The topological polar surface area (TPSA) is 56.8 Å². The van der Waals surface area contributed by atoms with E-state index in [4.69, 9.17) is 0 Å². The van der Waals surface area contributed by atoms with Crippen molar-refractivity contribution >= 4 is 16.9 Å². The van der Waals surface area contributed by atoms with E-state index >= 15 is 0 Å². The van der Waals surface area contributed by atoms with Crippen LogP contribution in [0.25, 0.3) is 11.0 Å². The molecule has 2 aliphatic heterocycles. The zero-order valence-corrected chi connectivity index (χ0v) is 12.6. The van der Waals surface area contributed by atoms with Gasteiger partial charge in [0, 0.05) is 31.2 Å². The molecule has 112 valence electrons. The van der Waals surface area contributed by atoms with Gasteiger partial charge in [-0.15, -0.1) is 0 Å². The highest BCUT2D eigenvalue weighted by atomic mass is 15.2. The number of nitrogens with one attached hydrogen (secondary N) is 2. The van der Waals surface area contributed by atoms with Crippen LogP contribution in [0.2, 0.25) is 0 Å². The zero-order valence-electron chi connectivity index (χ0n) is 12.6. The molecule has 2 aliphatic rings. The fourth-order valence-electron chi connectivity index (χ4n) is 4.29. The van der Waals surface area contributed by atoms with Gasteiger partial charge in [-0.1, -0.05) is 6.92 Å². The van der Waals surface area contributed by atoms with Crippen LogP contribution in [0.1, 0.15) is 26.2 Å². The summed E-state index contributed by atoms with van der Waals surface area (Å²) in [6.45, 7) is 6.89. The number of nitrogens with zero attached hydrogens (tertiary/aromatic N) is 3. The van der Waals surface area contributed by atoms with Crippen LogP contribution in [0.15, 0.2) is 18.6 Å². The second-order valence-electron chi connectivity index (χ2n) is 6.53. The first-order chi connectivity index (χ1) is 10.3. The highest BCUT2D eigenvalue weighted by Gasteiger charge is 2.43. The molecule has 0 radical (unpaired) electrons. The van der Waals surface area contributed by atoms with Crippen molar-refractivity contribution in [2.75, 3.05) is 31.1 Å². The summed E-state index contributed by atoms with van der Waals surface area (Å²) in [5.74, 6) is 1.96. The van der Waals surface area contributed by atoms with Crippen LogP contribution in [0.3, 0.4) is 0 Å². The predicted octanol–water partition coefficient (Wildman–Crippen LogP) is 2.17. The van der Waals surface area contributed by atoms with E-state index in [0.29, 0.717) is 5.41 Å². The van der Waals surface area contributed by atoms with E-state index in [1.165, 1.54) is 25.8 Å². The van der Waals surface area contributed by atoms with Gasteiger partial charge in [-0.3, -0.25) is 0 Å². The van der Waals surface area contributed by atoms with Crippen LogP contribution in [0.5, 0.6) is 0 Å². The van der Waals surface area contributed by atoms with Crippen molar-refractivity contribution in [3.05, 3.63) is 18.6 Å². The summed E-state index contributed by atoms with van der Waals surface area (Å²) in [6, 6.07) is 2.09. The van der Waals surface area contributed by atoms with Gasteiger partial charge >= 0.3 is 0 Å². The summed E-state index contributed by atoms with van der Waals surface area (Å²) in [6.07, 6.45) is 7.48. The van der Waals surface area contributed by atoms with Crippen molar-refractivity contribution < 1.29 is 0 Å². The van der Waals surface area contributed by atoms with E-state index < -0.39 is 0 Å². The molecular formula is C16H23N5. The van der Waals surface area contributed by atoms with Crippen LogP contribution in [-0.2, 0) is 0 Å². The van der Waals surface area contributed by atoms with Gasteiger partial charge in [-0.25, -0.2) is 9.97 Å². The summed E-state index contributed by atoms with van der Waals surface area (Å²) in [5, 5.41) is 4.76. The van der Waals surface area contributed by atoms with E-state index in [0.717, 1.165) is 42.4 Å². The Morgan fingerprint density at radius 2 is 2.33 bits per heavy atom. The molecule has 0 saturated carbocycles. The van der Waals surface area contributed by atoms with Gasteiger partial charge < -0.3 is 15.2 Å². The van der Waals surface area contributed by atoms with Gasteiger partial charge in [0.15, 0.2) is 0 Å². The number of aromatic nitrogens is 3. The molecule has 2 fully saturated rings. The zero-order chi connectivity index (χ0) is 14.3. The first-order valence-corrected chi connectivity index (χ1v) is 8.06. The normalized spacial score (nSPS) is 29.6. The van der Waals surface area contributed by atoms with E-state index in [-0.39, 0.29) is 0 Å².